The van der Waals surface area contributed by atoms with Gasteiger partial charge in [0, 0.05) is 82.8 Å². The van der Waals surface area contributed by atoms with Crippen molar-refractivity contribution in [1.82, 2.24) is 90.2 Å². The highest BCUT2D eigenvalue weighted by molar-refractivity contribution is 9.10. The predicted octanol–water partition coefficient (Wildman–Crippen LogP) is 19.0. The molecule has 42 nitrogen and oxygen atoms in total. The number of carbonyl (C=O) groups excluding carboxylic acids is 6. The van der Waals surface area contributed by atoms with E-state index in [4.69, 9.17) is 75.6 Å². The molecule has 0 spiro atoms. The molecule has 0 aromatic carbocycles. The van der Waals surface area contributed by atoms with E-state index in [1.54, 1.807) is 119 Å². The van der Waals surface area contributed by atoms with E-state index in [9.17, 15) is 39.0 Å². The third-order valence-corrected chi connectivity index (χ3v) is 29.1. The highest BCUT2D eigenvalue weighted by atomic mass is 79.9. The molecule has 2 atom stereocenters. The molecule has 6 saturated carbocycles. The van der Waals surface area contributed by atoms with E-state index in [0.717, 1.165) is 159 Å². The number of aryl methyl sites for hydroxylation is 8. The van der Waals surface area contributed by atoms with Crippen LogP contribution in [-0.2, 0) is 75.6 Å². The second-order valence-corrected chi connectivity index (χ2v) is 40.3. The van der Waals surface area contributed by atoms with Crippen LogP contribution in [0.25, 0.3) is 57.7 Å². The number of amides is 5. The first-order valence-corrected chi connectivity index (χ1v) is 50.9. The van der Waals surface area contributed by atoms with Crippen LogP contribution >= 0.6 is 15.9 Å². The highest BCUT2D eigenvalue weighted by Crippen LogP contribution is 2.40. The summed E-state index contributed by atoms with van der Waals surface area (Å²) < 4.78 is 79.0. The minimum absolute atomic E-state index is 0.00570. The number of ether oxygens (including phenoxy) is 7. The molecule has 10 aromatic rings. The second-order valence-electron chi connectivity index (χ2n) is 39.4. The van der Waals surface area contributed by atoms with Crippen molar-refractivity contribution in [2.24, 2.45) is 5.92 Å². The van der Waals surface area contributed by atoms with Crippen LogP contribution in [0.5, 0.6) is 17.2 Å². The lowest BCUT2D eigenvalue weighted by Crippen LogP contribution is -2.41. The molecule has 11 heterocycles. The summed E-state index contributed by atoms with van der Waals surface area (Å²) in [4.78, 5) is 117. The second kappa shape index (κ2) is 50.1. The van der Waals surface area contributed by atoms with E-state index in [2.05, 4.69) is 81.6 Å². The van der Waals surface area contributed by atoms with E-state index in [-0.39, 0.29) is 141 Å². The van der Waals surface area contributed by atoms with Crippen molar-refractivity contribution in [3.05, 3.63) is 132 Å². The number of halogens is 1. The van der Waals surface area contributed by atoms with Gasteiger partial charge in [0.25, 0.3) is 0 Å². The number of carbonyl (C=O) groups is 6. The lowest BCUT2D eigenvalue weighted by molar-refractivity contribution is -0.154. The largest absolute Gasteiger partial charge is 0.505 e. The number of nitrogens with zero attached hydrogens (tertiary/aromatic N) is 20. The van der Waals surface area contributed by atoms with Gasteiger partial charge in [-0.2, -0.15) is 10.5 Å². The molecule has 17 rings (SSSR count). The van der Waals surface area contributed by atoms with E-state index in [0.29, 0.717) is 142 Å². The average Bonchev–Trinajstić information content (AvgIpc) is 1.61. The number of rotatable bonds is 25. The molecule has 0 unspecified atom stereocenters. The van der Waals surface area contributed by atoms with Crippen LogP contribution in [0.4, 0.5) is 24.0 Å². The van der Waals surface area contributed by atoms with Gasteiger partial charge in [-0.1, -0.05) is 90.0 Å². The Kier molecular flexibility index (Phi) is 37.7. The maximum Gasteiger partial charge on any atom is 0.498 e. The predicted molar refractivity (Wildman–Crippen MR) is 535 cm³/mol. The fraction of sp³-hybridized carbons (Fsp3) is 0.563. The molecule has 44 heteroatoms. The monoisotopic (exact) mass is 2090 g/mol. The first kappa shape index (κ1) is 110. The van der Waals surface area contributed by atoms with Crippen molar-refractivity contribution in [3.8, 4) is 87.0 Å². The van der Waals surface area contributed by atoms with Crippen LogP contribution in [0.3, 0.4) is 0 Å². The Bertz CT molecular complexity index is 6180. The van der Waals surface area contributed by atoms with Gasteiger partial charge in [0.15, 0.2) is 57.6 Å². The molecule has 7 aliphatic rings. The normalized spacial score (nSPS) is 17.0. The summed E-state index contributed by atoms with van der Waals surface area (Å²) in [6.45, 7) is 26.2. The van der Waals surface area contributed by atoms with Gasteiger partial charge in [0.05, 0.1) is 114 Å². The smallest absolute Gasteiger partial charge is 0.498 e. The van der Waals surface area contributed by atoms with Gasteiger partial charge in [-0.3, -0.25) is 4.79 Å². The Labute approximate surface area is 863 Å². The van der Waals surface area contributed by atoms with Crippen molar-refractivity contribution in [1.29, 1.82) is 10.5 Å². The summed E-state index contributed by atoms with van der Waals surface area (Å²) in [5.41, 5.74) is 8.84. The Morgan fingerprint density at radius 3 is 1.09 bits per heavy atom. The molecule has 786 valence electrons. The van der Waals surface area contributed by atoms with Gasteiger partial charge in [0.2, 0.25) is 17.3 Å². The third kappa shape index (κ3) is 27.6. The average molecular weight is 2090 g/mol. The summed E-state index contributed by atoms with van der Waals surface area (Å²) in [7, 11) is 8.32. The van der Waals surface area contributed by atoms with E-state index in [1.165, 1.54) is 18.3 Å². The molecule has 5 amide bonds. The summed E-state index contributed by atoms with van der Waals surface area (Å²) in [5, 5.41) is 57.2. The standard InChI is InChI=1S/C27H38N4O6.C23H33BN4O5.C18H19BrN4O3.C18H20N4O4.C17H22N4O4/c1-16(2)35-26(32)19-9-8-12-21(13-19)36-23-14-28-25(29-18(23)4)24-22(17(3)30-37-24)15-34-27(33)31(5)20-10-6-7-11-20;1-14-17(13-30-21(29)28(7)16-10-8-9-11-16)19(31-27-14)20-25-12-18(15(2)26-20)24-32-22(3,4)23(5,6)33-24;1-11-13(10-25-18(24)23(2)12-5-3-4-6-12)17(26-22-11)15-8-7-14(19)16(9-20)21-15;1-11-13(10-25-18(24)22(2)12-5-3-4-6-12)17(26-21-11)14-7-8-16(23)15(9-19)20-14;1-10-13(9-24-17(23)21(3)12-6-4-5-7-12)15(25-20-10)16-18-8-14(22)11(2)19-16/h14,16,19-21H,6-13,15H2,1-5H3;12,16H,8-11,13H2,1-7H3;7-8,12H,3-6,10H2,1-2H3;7-8,12,23H,3-6,10H2,1-2H3;8,12,22H,4-7,9H2,1-3H3/t19-,21-;;;;/m0..../s1. The Balaban J connectivity index is 0.000000155. The lowest BCUT2D eigenvalue weighted by atomic mass is 9.79. The van der Waals surface area contributed by atoms with Crippen LogP contribution in [0.2, 0.25) is 0 Å². The van der Waals surface area contributed by atoms with Gasteiger partial charge in [-0.25, -0.2) is 63.8 Å². The molecule has 2 N–H and O–H groups in total. The maximum absolute atomic E-state index is 12.6. The molecule has 0 radical (unpaired) electrons. The number of hydrogen-bond acceptors (Lipinski definition) is 37. The molecular weight excluding hydrogens is 1960 g/mol. The minimum atomic E-state index is -0.549. The van der Waals surface area contributed by atoms with Crippen molar-refractivity contribution in [2.75, 3.05) is 35.2 Å². The Morgan fingerprint density at radius 1 is 0.415 bits per heavy atom. The number of hydrogen-bond donors (Lipinski definition) is 2. The Hall–Kier alpha value is -13.7. The molecule has 6 aliphatic carbocycles. The van der Waals surface area contributed by atoms with Gasteiger partial charge >= 0.3 is 43.6 Å². The molecule has 10 aromatic heterocycles. The molecule has 0 bridgehead atoms. The quantitative estimate of drug-likeness (QED) is 0.0305. The van der Waals surface area contributed by atoms with E-state index >= 15 is 0 Å². The molecule has 7 fully saturated rings. The number of pyridine rings is 2. The fourth-order valence-corrected chi connectivity index (χ4v) is 18.7. The van der Waals surface area contributed by atoms with Crippen LogP contribution < -0.4 is 10.2 Å². The van der Waals surface area contributed by atoms with Crippen LogP contribution in [-0.4, -0.2) is 233 Å². The summed E-state index contributed by atoms with van der Waals surface area (Å²) in [6.07, 6.45) is 27.3. The maximum atomic E-state index is 12.6. The summed E-state index contributed by atoms with van der Waals surface area (Å²) >= 11 is 3.28. The fourth-order valence-electron chi connectivity index (χ4n) is 18.4. The molecule has 1 aliphatic heterocycles. The first-order chi connectivity index (χ1) is 70.2. The van der Waals surface area contributed by atoms with Crippen molar-refractivity contribution >= 4 is 64.9 Å². The zero-order valence-electron chi connectivity index (χ0n) is 87.1. The number of aromatic hydroxyl groups is 2. The first-order valence-electron chi connectivity index (χ1n) is 50.1. The summed E-state index contributed by atoms with van der Waals surface area (Å²) in [6, 6.07) is 11.4. The van der Waals surface area contributed by atoms with Crippen LogP contribution in [0.1, 0.15) is 280 Å². The molecular formula is C103H132BBrN20O22. The zero-order valence-corrected chi connectivity index (χ0v) is 88.7. The molecule has 147 heavy (non-hydrogen) atoms. The van der Waals surface area contributed by atoms with Crippen molar-refractivity contribution in [2.45, 2.75) is 338 Å². The van der Waals surface area contributed by atoms with Crippen molar-refractivity contribution < 1.29 is 104 Å². The number of aromatic nitrogens is 13. The number of esters is 1. The zero-order chi connectivity index (χ0) is 106. The van der Waals surface area contributed by atoms with E-state index in [1.807, 2.05) is 74.5 Å². The van der Waals surface area contributed by atoms with Gasteiger partial charge in [-0.05, 0) is 227 Å². The van der Waals surface area contributed by atoms with E-state index < -0.39 is 18.3 Å². The van der Waals surface area contributed by atoms with Gasteiger partial charge < -0.3 is 99.8 Å². The van der Waals surface area contributed by atoms with Crippen LogP contribution in [0.15, 0.2) is 69.9 Å². The SMILES string of the molecule is Cc1nc(-c2onc(C)c2COC(=O)N(C)C2CCCC2)ncc1B1OC(C)(C)C(C)(C)O1.Cc1nc(-c2onc(C)c2COC(=O)N(C)C2CCCC2)ncc1O.Cc1nc(-c2onc(C)c2COC(=O)N(C)C2CCCC2)ncc1O[C@H]1CCC[C@H](C(=O)OC(C)C)C1.Cc1noc(-c2ccc(Br)c(C#N)n2)c1COC(=O)N(C)C1CCCC1.Cc1noc(-c2ccc(O)c(C#N)n2)c1COC(=O)N(C)C1CCCC1. The third-order valence-electron chi connectivity index (χ3n) is 28.4. The summed E-state index contributed by atoms with van der Waals surface area (Å²) in [5.74, 6) is 2.91. The Morgan fingerprint density at radius 2 is 0.741 bits per heavy atom. The number of nitriles is 2. The highest BCUT2D eigenvalue weighted by Gasteiger charge is 2.53. The van der Waals surface area contributed by atoms with Gasteiger partial charge in [0.1, 0.15) is 56.6 Å². The van der Waals surface area contributed by atoms with Gasteiger partial charge in [-0.15, -0.1) is 0 Å². The van der Waals surface area contributed by atoms with Crippen molar-refractivity contribution in [3.63, 3.8) is 0 Å². The minimum Gasteiger partial charge on any atom is -0.505 e. The lowest BCUT2D eigenvalue weighted by Gasteiger charge is -2.32. The topological polar surface area (TPSA) is 523 Å². The van der Waals surface area contributed by atoms with Crippen LogP contribution in [0, 0.1) is 84.0 Å². The molecule has 1 saturated heterocycles.